The highest BCUT2D eigenvalue weighted by atomic mass is 32.1. The topological polar surface area (TPSA) is 141 Å². The van der Waals surface area contributed by atoms with E-state index < -0.39 is 36.0 Å². The number of aromatic nitrogens is 1. The molecule has 0 radical (unpaired) electrons. The molecule has 10 nitrogen and oxygen atoms in total. The second-order valence-corrected chi connectivity index (χ2v) is 7.48. The van der Waals surface area contributed by atoms with Crippen molar-refractivity contribution in [1.82, 2.24) is 4.98 Å². The van der Waals surface area contributed by atoms with Gasteiger partial charge in [-0.1, -0.05) is 18.2 Å². The van der Waals surface area contributed by atoms with E-state index in [9.17, 15) is 24.0 Å². The molecule has 0 saturated carbocycles. The smallest absolute Gasteiger partial charge is 0.348 e. The summed E-state index contributed by atoms with van der Waals surface area (Å²) in [5.74, 6) is -3.05. The van der Waals surface area contributed by atoms with Gasteiger partial charge in [0.25, 0.3) is 5.91 Å². The maximum absolute atomic E-state index is 12.5. The standard InChI is InChI=1S/C21H18N2O8S/c1-10-16(20(27)29-2)18(32-17(10)21(28)30-3)23-15(25)9-31-19(26)12-8-14(24)22-13-7-5-4-6-11(12)13/h4-8H,9H2,1-3H3,(H,22,24)(H,23,25). The molecule has 32 heavy (non-hydrogen) atoms. The Morgan fingerprint density at radius 3 is 2.41 bits per heavy atom. The molecule has 3 aromatic rings. The lowest BCUT2D eigenvalue weighted by Crippen LogP contribution is -2.22. The Morgan fingerprint density at radius 2 is 1.72 bits per heavy atom. The van der Waals surface area contributed by atoms with Crippen LogP contribution < -0.4 is 10.9 Å². The molecule has 0 bridgehead atoms. The summed E-state index contributed by atoms with van der Waals surface area (Å²) in [7, 11) is 2.35. The zero-order chi connectivity index (χ0) is 23.4. The van der Waals surface area contributed by atoms with Crippen molar-refractivity contribution in [1.29, 1.82) is 0 Å². The lowest BCUT2D eigenvalue weighted by atomic mass is 10.1. The first-order valence-corrected chi connectivity index (χ1v) is 9.97. The summed E-state index contributed by atoms with van der Waals surface area (Å²) < 4.78 is 14.5. The fraction of sp³-hybridized carbons (Fsp3) is 0.190. The Hall–Kier alpha value is -3.99. The molecule has 0 atom stereocenters. The van der Waals surface area contributed by atoms with E-state index in [0.29, 0.717) is 10.9 Å². The maximum Gasteiger partial charge on any atom is 0.348 e. The van der Waals surface area contributed by atoms with E-state index in [4.69, 9.17) is 9.47 Å². The van der Waals surface area contributed by atoms with Gasteiger partial charge in [-0.15, -0.1) is 11.3 Å². The maximum atomic E-state index is 12.5. The predicted molar refractivity (Wildman–Crippen MR) is 115 cm³/mol. The summed E-state index contributed by atoms with van der Waals surface area (Å²) in [5, 5.41) is 2.96. The van der Waals surface area contributed by atoms with Crippen molar-refractivity contribution in [2.75, 3.05) is 26.1 Å². The normalized spacial score (nSPS) is 10.5. The monoisotopic (exact) mass is 458 g/mol. The van der Waals surface area contributed by atoms with Crippen LogP contribution in [-0.2, 0) is 19.0 Å². The highest BCUT2D eigenvalue weighted by Crippen LogP contribution is 2.34. The van der Waals surface area contributed by atoms with Crippen LogP contribution in [-0.4, -0.2) is 49.6 Å². The number of amides is 1. The van der Waals surface area contributed by atoms with Crippen molar-refractivity contribution in [2.24, 2.45) is 0 Å². The largest absolute Gasteiger partial charge is 0.465 e. The van der Waals surface area contributed by atoms with Crippen LogP contribution in [0.25, 0.3) is 10.9 Å². The van der Waals surface area contributed by atoms with Gasteiger partial charge in [-0.3, -0.25) is 9.59 Å². The third kappa shape index (κ3) is 4.52. The van der Waals surface area contributed by atoms with E-state index >= 15 is 0 Å². The minimum absolute atomic E-state index is 0.00170. The molecule has 166 valence electrons. The molecule has 0 aliphatic rings. The van der Waals surface area contributed by atoms with E-state index in [-0.39, 0.29) is 26.6 Å². The number of rotatable bonds is 6. The Kier molecular flexibility index (Phi) is 6.69. The minimum atomic E-state index is -0.867. The first kappa shape index (κ1) is 22.7. The average Bonchev–Trinajstić information content (AvgIpc) is 3.11. The number of para-hydroxylation sites is 1. The van der Waals surface area contributed by atoms with Crippen molar-refractivity contribution in [3.05, 3.63) is 62.3 Å². The summed E-state index contributed by atoms with van der Waals surface area (Å²) in [4.78, 5) is 63.5. The second-order valence-electron chi connectivity index (χ2n) is 6.46. The van der Waals surface area contributed by atoms with E-state index in [1.807, 2.05) is 0 Å². The van der Waals surface area contributed by atoms with Crippen molar-refractivity contribution in [3.8, 4) is 0 Å². The summed E-state index contributed by atoms with van der Waals surface area (Å²) in [6.07, 6.45) is 0. The van der Waals surface area contributed by atoms with Crippen LogP contribution in [0.5, 0.6) is 0 Å². The third-order valence-corrected chi connectivity index (χ3v) is 5.65. The van der Waals surface area contributed by atoms with Crippen molar-refractivity contribution in [2.45, 2.75) is 6.92 Å². The van der Waals surface area contributed by atoms with E-state index in [2.05, 4.69) is 15.0 Å². The van der Waals surface area contributed by atoms with E-state index in [1.165, 1.54) is 14.0 Å². The van der Waals surface area contributed by atoms with E-state index in [0.717, 1.165) is 24.5 Å². The molecule has 0 aliphatic carbocycles. The second kappa shape index (κ2) is 9.43. The van der Waals surface area contributed by atoms with Gasteiger partial charge in [-0.2, -0.15) is 0 Å². The quantitative estimate of drug-likeness (QED) is 0.423. The number of methoxy groups -OCH3 is 2. The number of aromatic amines is 1. The van der Waals surface area contributed by atoms with E-state index in [1.54, 1.807) is 24.3 Å². The van der Waals surface area contributed by atoms with Crippen molar-refractivity contribution < 1.29 is 33.4 Å². The van der Waals surface area contributed by atoms with Gasteiger partial charge in [0.2, 0.25) is 5.56 Å². The van der Waals surface area contributed by atoms with Gasteiger partial charge in [0.05, 0.1) is 25.3 Å². The number of pyridine rings is 1. The number of nitrogens with one attached hydrogen (secondary N) is 2. The van der Waals surface area contributed by atoms with Crippen LogP contribution >= 0.6 is 11.3 Å². The Labute approximate surface area is 185 Å². The van der Waals surface area contributed by atoms with Gasteiger partial charge in [0, 0.05) is 17.0 Å². The Bertz CT molecular complexity index is 1290. The molecular weight excluding hydrogens is 440 g/mol. The number of ether oxygens (including phenoxy) is 3. The zero-order valence-corrected chi connectivity index (χ0v) is 18.1. The Balaban J connectivity index is 1.78. The lowest BCUT2D eigenvalue weighted by Gasteiger charge is -2.08. The number of hydrogen-bond donors (Lipinski definition) is 2. The summed E-state index contributed by atoms with van der Waals surface area (Å²) in [5.41, 5.74) is 0.247. The highest BCUT2D eigenvalue weighted by Gasteiger charge is 2.27. The SMILES string of the molecule is COC(=O)c1sc(NC(=O)COC(=O)c2cc(=O)[nH]c3ccccc23)c(C(=O)OC)c1C. The number of esters is 3. The van der Waals surface area contributed by atoms with Crippen molar-refractivity contribution in [3.63, 3.8) is 0 Å². The molecule has 2 heterocycles. The highest BCUT2D eigenvalue weighted by molar-refractivity contribution is 7.18. The van der Waals surface area contributed by atoms with Gasteiger partial charge in [-0.05, 0) is 18.6 Å². The minimum Gasteiger partial charge on any atom is -0.465 e. The average molecular weight is 458 g/mol. The molecule has 1 amide bonds. The van der Waals surface area contributed by atoms with Crippen LogP contribution in [0.1, 0.15) is 36.0 Å². The van der Waals surface area contributed by atoms with Crippen molar-refractivity contribution >= 4 is 51.1 Å². The lowest BCUT2D eigenvalue weighted by molar-refractivity contribution is -0.119. The van der Waals surface area contributed by atoms with Gasteiger partial charge < -0.3 is 24.5 Å². The molecule has 0 unspecified atom stereocenters. The number of H-pyrrole nitrogens is 1. The number of hydrogen-bond acceptors (Lipinski definition) is 9. The van der Waals surface area contributed by atoms with Crippen LogP contribution in [0, 0.1) is 6.92 Å². The summed E-state index contributed by atoms with van der Waals surface area (Å²) in [6.45, 7) is 0.827. The summed E-state index contributed by atoms with van der Waals surface area (Å²) >= 11 is 0.832. The molecule has 0 saturated heterocycles. The molecular formula is C21H18N2O8S. The fourth-order valence-electron chi connectivity index (χ4n) is 2.98. The van der Waals surface area contributed by atoms with Gasteiger partial charge >= 0.3 is 17.9 Å². The van der Waals surface area contributed by atoms with Crippen LogP contribution in [0.2, 0.25) is 0 Å². The van der Waals surface area contributed by atoms with Gasteiger partial charge in [0.1, 0.15) is 9.88 Å². The zero-order valence-electron chi connectivity index (χ0n) is 17.3. The number of benzene rings is 1. The number of fused-ring (bicyclic) bond motifs is 1. The molecule has 2 aromatic heterocycles. The molecule has 0 spiro atoms. The molecule has 2 N–H and O–H groups in total. The number of thiophene rings is 1. The molecule has 3 rings (SSSR count). The molecule has 11 heteroatoms. The third-order valence-electron chi connectivity index (χ3n) is 4.46. The van der Waals surface area contributed by atoms with Gasteiger partial charge in [0.15, 0.2) is 6.61 Å². The number of carbonyl (C=O) groups excluding carboxylic acids is 4. The number of anilines is 1. The van der Waals surface area contributed by atoms with Gasteiger partial charge in [-0.25, -0.2) is 14.4 Å². The first-order chi connectivity index (χ1) is 15.3. The molecule has 0 aliphatic heterocycles. The molecule has 1 aromatic carbocycles. The first-order valence-electron chi connectivity index (χ1n) is 9.15. The van der Waals surface area contributed by atoms with Crippen LogP contribution in [0.3, 0.4) is 0 Å². The van der Waals surface area contributed by atoms with Crippen LogP contribution in [0.15, 0.2) is 35.1 Å². The predicted octanol–water partition coefficient (Wildman–Crippen LogP) is 2.27. The fourth-order valence-corrected chi connectivity index (χ4v) is 4.11. The Morgan fingerprint density at radius 1 is 1.03 bits per heavy atom. The molecule has 0 fully saturated rings. The summed E-state index contributed by atoms with van der Waals surface area (Å²) in [6, 6.07) is 7.74. The number of carbonyl (C=O) groups is 4. The van der Waals surface area contributed by atoms with Crippen LogP contribution in [0.4, 0.5) is 5.00 Å².